The number of hydrogen-bond acceptors (Lipinski definition) is 8. The molecule has 0 heterocycles. The molecule has 0 saturated carbocycles. The summed E-state index contributed by atoms with van der Waals surface area (Å²) < 4.78 is 0. The molecule has 0 fully saturated rings. The van der Waals surface area contributed by atoms with Gasteiger partial charge in [-0.2, -0.15) is 0 Å². The van der Waals surface area contributed by atoms with Crippen molar-refractivity contribution in [3.8, 4) is 0 Å². The van der Waals surface area contributed by atoms with Gasteiger partial charge in [0.15, 0.2) is 0 Å². The number of hydroxylamine groups is 2. The summed E-state index contributed by atoms with van der Waals surface area (Å²) in [6.07, 6.45) is 2.69. The van der Waals surface area contributed by atoms with Crippen molar-refractivity contribution in [2.24, 2.45) is 11.5 Å². The van der Waals surface area contributed by atoms with Crippen LogP contribution in [-0.2, 0) is 32.1 Å². The first-order valence-corrected chi connectivity index (χ1v) is 10.7. The Balaban J connectivity index is 1.79. The first-order chi connectivity index (χ1) is 15.3. The highest BCUT2D eigenvalue weighted by atomic mass is 16.7. The Hall–Kier alpha value is -2.78. The number of aryl methyl sites for hydroxylation is 2. The van der Waals surface area contributed by atoms with E-state index in [0.29, 0.717) is 12.8 Å². The molecular formula is C24H34N4O4. The summed E-state index contributed by atoms with van der Waals surface area (Å²) >= 11 is 0. The van der Waals surface area contributed by atoms with E-state index in [9.17, 15) is 9.59 Å². The predicted octanol–water partition coefficient (Wildman–Crippen LogP) is 1.78. The molecule has 2 rings (SSSR count). The van der Waals surface area contributed by atoms with Crippen LogP contribution in [0.2, 0.25) is 0 Å². The highest BCUT2D eigenvalue weighted by molar-refractivity contribution is 6.29. The van der Waals surface area contributed by atoms with Gasteiger partial charge in [-0.15, -0.1) is 11.0 Å². The van der Waals surface area contributed by atoms with Gasteiger partial charge in [-0.05, 0) is 50.7 Å². The van der Waals surface area contributed by atoms with Crippen molar-refractivity contribution < 1.29 is 19.3 Å². The lowest BCUT2D eigenvalue weighted by molar-refractivity contribution is -0.181. The summed E-state index contributed by atoms with van der Waals surface area (Å²) in [6.45, 7) is 4.07. The number of hydrogen-bond donors (Lipinski definition) is 4. The van der Waals surface area contributed by atoms with Crippen LogP contribution >= 0.6 is 0 Å². The molecule has 0 aliphatic rings. The lowest BCUT2D eigenvalue weighted by Gasteiger charge is -2.29. The maximum atomic E-state index is 12.1. The Morgan fingerprint density at radius 3 is 1.38 bits per heavy atom. The minimum absolute atomic E-state index is 0.213. The lowest BCUT2D eigenvalue weighted by Crippen LogP contribution is -2.52. The van der Waals surface area contributed by atoms with E-state index >= 15 is 0 Å². The van der Waals surface area contributed by atoms with E-state index in [1.807, 2.05) is 74.5 Å². The predicted molar refractivity (Wildman–Crippen MR) is 123 cm³/mol. The summed E-state index contributed by atoms with van der Waals surface area (Å²) in [4.78, 5) is 34.1. The van der Waals surface area contributed by atoms with Gasteiger partial charge in [0.05, 0.1) is 11.1 Å². The minimum Gasteiger partial charge on any atom is -0.361 e. The molecule has 2 unspecified atom stereocenters. The van der Waals surface area contributed by atoms with Crippen LogP contribution < -0.4 is 22.4 Å². The highest BCUT2D eigenvalue weighted by Gasteiger charge is 2.29. The molecule has 32 heavy (non-hydrogen) atoms. The van der Waals surface area contributed by atoms with E-state index in [1.165, 1.54) is 0 Å². The topological polar surface area (TPSA) is 129 Å². The number of benzene rings is 2. The molecule has 0 aliphatic heterocycles. The van der Waals surface area contributed by atoms with Crippen molar-refractivity contribution in [2.45, 2.75) is 50.6 Å². The highest BCUT2D eigenvalue weighted by Crippen LogP contribution is 2.15. The number of nitrogens with one attached hydrogen (secondary N) is 2. The van der Waals surface area contributed by atoms with Gasteiger partial charge < -0.3 is 21.1 Å². The first kappa shape index (κ1) is 25.5. The molecule has 0 aliphatic carbocycles. The van der Waals surface area contributed by atoms with Gasteiger partial charge in [-0.25, -0.2) is 9.59 Å². The number of rotatable bonds is 12. The van der Waals surface area contributed by atoms with Gasteiger partial charge >= 0.3 is 11.9 Å². The molecule has 174 valence electrons. The van der Waals surface area contributed by atoms with Crippen molar-refractivity contribution >= 4 is 11.9 Å². The van der Waals surface area contributed by atoms with Gasteiger partial charge in [-0.3, -0.25) is 0 Å². The molecule has 8 heteroatoms. The second kappa shape index (κ2) is 12.3. The average molecular weight is 443 g/mol. The molecule has 0 spiro atoms. The Morgan fingerprint density at radius 2 is 1.06 bits per heavy atom. The SMILES string of the molecule is CC(CN)(CCc1ccccc1)NOC(=O)C(=O)ONC(C)(CN)CCc1ccccc1. The second-order valence-corrected chi connectivity index (χ2v) is 8.48. The van der Waals surface area contributed by atoms with E-state index in [4.69, 9.17) is 21.1 Å². The molecule has 8 nitrogen and oxygen atoms in total. The van der Waals surface area contributed by atoms with Crippen LogP contribution in [0.25, 0.3) is 0 Å². The van der Waals surface area contributed by atoms with Crippen molar-refractivity contribution in [2.75, 3.05) is 13.1 Å². The smallest absolute Gasteiger partial charge is 0.361 e. The van der Waals surface area contributed by atoms with Crippen molar-refractivity contribution in [1.29, 1.82) is 0 Å². The maximum Gasteiger partial charge on any atom is 0.437 e. The van der Waals surface area contributed by atoms with Crippen LogP contribution in [0.15, 0.2) is 60.7 Å². The van der Waals surface area contributed by atoms with Crippen LogP contribution in [0.3, 0.4) is 0 Å². The fourth-order valence-corrected chi connectivity index (χ4v) is 2.94. The van der Waals surface area contributed by atoms with Crippen LogP contribution in [0.1, 0.15) is 37.8 Å². The van der Waals surface area contributed by atoms with E-state index < -0.39 is 23.0 Å². The molecule has 0 saturated heterocycles. The lowest BCUT2D eigenvalue weighted by atomic mass is 9.94. The van der Waals surface area contributed by atoms with Crippen LogP contribution in [0.5, 0.6) is 0 Å². The third-order valence-corrected chi connectivity index (χ3v) is 5.46. The molecule has 0 amide bonds. The summed E-state index contributed by atoms with van der Waals surface area (Å²) in [6, 6.07) is 19.8. The third-order valence-electron chi connectivity index (χ3n) is 5.46. The van der Waals surface area contributed by atoms with Crippen molar-refractivity contribution in [3.63, 3.8) is 0 Å². The fraction of sp³-hybridized carbons (Fsp3) is 0.417. The zero-order chi connectivity index (χ0) is 23.5. The Morgan fingerprint density at radius 1 is 0.719 bits per heavy atom. The Labute approximate surface area is 189 Å². The Bertz CT molecular complexity index is 778. The van der Waals surface area contributed by atoms with Crippen LogP contribution in [0.4, 0.5) is 0 Å². The minimum atomic E-state index is -1.17. The molecular weight excluding hydrogens is 408 g/mol. The molecule has 6 N–H and O–H groups in total. The van der Waals surface area contributed by atoms with E-state index in [0.717, 1.165) is 24.0 Å². The van der Waals surface area contributed by atoms with Crippen molar-refractivity contribution in [3.05, 3.63) is 71.8 Å². The quantitative estimate of drug-likeness (QED) is 0.289. The fourth-order valence-electron chi connectivity index (χ4n) is 2.94. The van der Waals surface area contributed by atoms with E-state index in [2.05, 4.69) is 11.0 Å². The number of carbonyl (C=O) groups is 2. The molecule has 2 aromatic rings. The zero-order valence-corrected chi connectivity index (χ0v) is 18.8. The largest absolute Gasteiger partial charge is 0.437 e. The Kier molecular flexibility index (Phi) is 9.80. The summed E-state index contributed by atoms with van der Waals surface area (Å²) in [5.41, 5.74) is 17.8. The summed E-state index contributed by atoms with van der Waals surface area (Å²) in [7, 11) is 0. The molecule has 2 atom stereocenters. The maximum absolute atomic E-state index is 12.1. The monoisotopic (exact) mass is 442 g/mol. The number of nitrogens with two attached hydrogens (primary N) is 2. The average Bonchev–Trinajstić information content (AvgIpc) is 2.84. The molecule has 2 aromatic carbocycles. The normalized spacial score (nSPS) is 14.8. The summed E-state index contributed by atoms with van der Waals surface area (Å²) in [5, 5.41) is 0. The van der Waals surface area contributed by atoms with E-state index in [-0.39, 0.29) is 13.1 Å². The standard InChI is InChI=1S/C24H34N4O4/c1-23(17-25,15-13-19-9-5-3-6-10-19)27-31-21(29)22(30)32-28-24(2,18-26)16-14-20-11-7-4-8-12-20/h3-12,27-28H,13-18,25-26H2,1-2H3. The van der Waals surface area contributed by atoms with E-state index in [1.54, 1.807) is 0 Å². The molecule has 0 radical (unpaired) electrons. The van der Waals surface area contributed by atoms with Gasteiger partial charge in [0, 0.05) is 13.1 Å². The van der Waals surface area contributed by atoms with Gasteiger partial charge in [0.1, 0.15) is 0 Å². The number of carbonyl (C=O) groups excluding carboxylic acids is 2. The third kappa shape index (κ3) is 8.39. The first-order valence-electron chi connectivity index (χ1n) is 10.7. The van der Waals surface area contributed by atoms with Crippen LogP contribution in [0, 0.1) is 0 Å². The van der Waals surface area contributed by atoms with Gasteiger partial charge in [0.25, 0.3) is 0 Å². The van der Waals surface area contributed by atoms with Gasteiger partial charge in [0.2, 0.25) is 0 Å². The van der Waals surface area contributed by atoms with Crippen molar-refractivity contribution in [1.82, 2.24) is 11.0 Å². The van der Waals surface area contributed by atoms with Gasteiger partial charge in [-0.1, -0.05) is 60.7 Å². The summed E-state index contributed by atoms with van der Waals surface area (Å²) in [5.74, 6) is -2.33. The molecule has 0 bridgehead atoms. The zero-order valence-electron chi connectivity index (χ0n) is 18.8. The second-order valence-electron chi connectivity index (χ2n) is 8.48. The molecule has 0 aromatic heterocycles. The van der Waals surface area contributed by atoms with Crippen LogP contribution in [-0.4, -0.2) is 36.1 Å².